The van der Waals surface area contributed by atoms with Crippen molar-refractivity contribution in [1.29, 1.82) is 0 Å². The number of amides is 1. The SMILES string of the molecule is CCCCCCCCCCCCCCCCCC(=O)NC(COP(=O)(O)OCC[N+](C)(C)C)C(O)CCCCCCCCCCC. The molecule has 0 saturated heterocycles. The Morgan fingerprint density at radius 3 is 1.46 bits per heavy atom. The van der Waals surface area contributed by atoms with Gasteiger partial charge in [-0.3, -0.25) is 13.8 Å². The van der Waals surface area contributed by atoms with Gasteiger partial charge in [0.2, 0.25) is 5.91 Å². The maximum Gasteiger partial charge on any atom is 0.472 e. The number of carbonyl (C=O) groups excluding carboxylic acids is 1. The van der Waals surface area contributed by atoms with Crippen LogP contribution in [-0.2, 0) is 18.4 Å². The lowest BCUT2D eigenvalue weighted by Gasteiger charge is -2.26. The Hall–Kier alpha value is -0.500. The number of hydrogen-bond donors (Lipinski definition) is 3. The van der Waals surface area contributed by atoms with E-state index in [1.54, 1.807) is 0 Å². The summed E-state index contributed by atoms with van der Waals surface area (Å²) in [7, 11) is 1.62. The third-order valence-electron chi connectivity index (χ3n) is 8.86. The Bertz CT molecular complexity index is 733. The topological polar surface area (TPSA) is 105 Å². The zero-order valence-corrected chi connectivity index (χ0v) is 32.0. The highest BCUT2D eigenvalue weighted by atomic mass is 31.2. The van der Waals surface area contributed by atoms with E-state index < -0.39 is 20.0 Å². The van der Waals surface area contributed by atoms with Gasteiger partial charge in [-0.1, -0.05) is 162 Å². The number of hydrogen-bond acceptors (Lipinski definition) is 5. The molecular weight excluding hydrogens is 599 g/mol. The molecule has 0 aliphatic rings. The summed E-state index contributed by atoms with van der Waals surface area (Å²) in [4.78, 5) is 23.0. The van der Waals surface area contributed by atoms with E-state index in [-0.39, 0.29) is 19.1 Å². The molecule has 3 atom stereocenters. The monoisotopic (exact) mass is 678 g/mol. The van der Waals surface area contributed by atoms with E-state index in [0.29, 0.717) is 23.9 Å². The number of phosphoric acid groups is 1. The van der Waals surface area contributed by atoms with Crippen LogP contribution in [0.4, 0.5) is 0 Å². The van der Waals surface area contributed by atoms with Gasteiger partial charge in [-0.2, -0.15) is 0 Å². The van der Waals surface area contributed by atoms with Gasteiger partial charge in [-0.25, -0.2) is 4.57 Å². The Morgan fingerprint density at radius 1 is 0.652 bits per heavy atom. The van der Waals surface area contributed by atoms with Gasteiger partial charge < -0.3 is 19.8 Å². The molecule has 0 saturated carbocycles. The molecule has 0 aromatic carbocycles. The van der Waals surface area contributed by atoms with Gasteiger partial charge in [-0.05, 0) is 12.8 Å². The normalized spacial score (nSPS) is 14.7. The first-order valence-corrected chi connectivity index (χ1v) is 20.9. The second kappa shape index (κ2) is 30.6. The summed E-state index contributed by atoms with van der Waals surface area (Å²) < 4.78 is 23.5. The first-order valence-electron chi connectivity index (χ1n) is 19.4. The van der Waals surface area contributed by atoms with Crippen molar-refractivity contribution in [3.05, 3.63) is 0 Å². The number of rotatable bonds is 35. The van der Waals surface area contributed by atoms with Crippen LogP contribution in [0.25, 0.3) is 0 Å². The number of aliphatic hydroxyl groups is 1. The molecule has 46 heavy (non-hydrogen) atoms. The summed E-state index contributed by atoms with van der Waals surface area (Å²) in [5, 5.41) is 13.8. The van der Waals surface area contributed by atoms with Crippen molar-refractivity contribution in [1.82, 2.24) is 5.32 Å². The Labute approximate surface area is 285 Å². The van der Waals surface area contributed by atoms with Crippen LogP contribution in [0, 0.1) is 0 Å². The fourth-order valence-corrected chi connectivity index (χ4v) is 6.43. The van der Waals surface area contributed by atoms with Crippen LogP contribution < -0.4 is 5.32 Å². The van der Waals surface area contributed by atoms with Crippen molar-refractivity contribution in [2.24, 2.45) is 0 Å². The standard InChI is InChI=1S/C37H77N2O6P/c1-6-8-10-12-14-16-17-18-19-20-21-23-25-27-29-31-37(41)38-35(34-45-46(42,43)44-33-32-39(3,4)5)36(40)30-28-26-24-22-15-13-11-9-7-2/h35-36,40H,6-34H2,1-5H3,(H-,38,41,42,43)/p+1. The molecule has 0 spiro atoms. The molecule has 276 valence electrons. The fraction of sp³-hybridized carbons (Fsp3) is 0.973. The summed E-state index contributed by atoms with van der Waals surface area (Å²) in [6, 6.07) is -0.750. The third kappa shape index (κ3) is 32.1. The van der Waals surface area contributed by atoms with Crippen LogP contribution in [0.2, 0.25) is 0 Å². The number of likely N-dealkylation sites (N-methyl/N-ethyl adjacent to an activating group) is 1. The summed E-state index contributed by atoms with van der Waals surface area (Å²) in [5.41, 5.74) is 0. The van der Waals surface area contributed by atoms with Gasteiger partial charge in [-0.15, -0.1) is 0 Å². The summed E-state index contributed by atoms with van der Waals surface area (Å²) in [6.07, 6.45) is 29.8. The minimum absolute atomic E-state index is 0.0779. The summed E-state index contributed by atoms with van der Waals surface area (Å²) >= 11 is 0. The number of aliphatic hydroxyl groups excluding tert-OH is 1. The molecule has 3 N–H and O–H groups in total. The van der Waals surface area contributed by atoms with Crippen molar-refractivity contribution < 1.29 is 32.9 Å². The lowest BCUT2D eigenvalue weighted by molar-refractivity contribution is -0.870. The minimum Gasteiger partial charge on any atom is -0.391 e. The van der Waals surface area contributed by atoms with Crippen LogP contribution in [0.1, 0.15) is 181 Å². The van der Waals surface area contributed by atoms with Crippen LogP contribution in [0.3, 0.4) is 0 Å². The minimum atomic E-state index is -4.29. The molecule has 3 unspecified atom stereocenters. The number of unbranched alkanes of at least 4 members (excludes halogenated alkanes) is 22. The predicted molar refractivity (Wildman–Crippen MR) is 194 cm³/mol. The van der Waals surface area contributed by atoms with E-state index in [1.807, 2.05) is 21.1 Å². The van der Waals surface area contributed by atoms with Crippen LogP contribution in [-0.4, -0.2) is 73.4 Å². The van der Waals surface area contributed by atoms with Crippen molar-refractivity contribution in [3.8, 4) is 0 Å². The second-order valence-electron chi connectivity index (χ2n) is 14.7. The fourth-order valence-electron chi connectivity index (χ4n) is 5.69. The highest BCUT2D eigenvalue weighted by molar-refractivity contribution is 7.47. The molecule has 8 nitrogen and oxygen atoms in total. The van der Waals surface area contributed by atoms with Crippen LogP contribution >= 0.6 is 7.82 Å². The maximum atomic E-state index is 12.8. The average molecular weight is 678 g/mol. The molecule has 0 rings (SSSR count). The zero-order valence-electron chi connectivity index (χ0n) is 31.1. The Balaban J connectivity index is 4.37. The van der Waals surface area contributed by atoms with Gasteiger partial charge >= 0.3 is 7.82 Å². The van der Waals surface area contributed by atoms with E-state index in [2.05, 4.69) is 19.2 Å². The van der Waals surface area contributed by atoms with Crippen molar-refractivity contribution in [2.75, 3.05) is 40.9 Å². The van der Waals surface area contributed by atoms with Gasteiger partial charge in [0.1, 0.15) is 13.2 Å². The molecule has 0 heterocycles. The molecule has 0 aromatic rings. The van der Waals surface area contributed by atoms with Crippen LogP contribution in [0.15, 0.2) is 0 Å². The third-order valence-corrected chi connectivity index (χ3v) is 9.84. The lowest BCUT2D eigenvalue weighted by Crippen LogP contribution is -2.46. The van der Waals surface area contributed by atoms with E-state index in [9.17, 15) is 19.4 Å². The Morgan fingerprint density at radius 2 is 1.04 bits per heavy atom. The number of phosphoric ester groups is 1. The largest absolute Gasteiger partial charge is 0.472 e. The smallest absolute Gasteiger partial charge is 0.391 e. The second-order valence-corrected chi connectivity index (χ2v) is 16.1. The molecule has 0 radical (unpaired) electrons. The predicted octanol–water partition coefficient (Wildman–Crippen LogP) is 9.85. The van der Waals surface area contributed by atoms with Crippen molar-refractivity contribution in [3.63, 3.8) is 0 Å². The molecule has 0 bridgehead atoms. The lowest BCUT2D eigenvalue weighted by atomic mass is 10.0. The molecule has 0 aliphatic heterocycles. The zero-order chi connectivity index (χ0) is 34.4. The molecular formula is C37H78N2O6P+. The Kier molecular flexibility index (Phi) is 30.2. The van der Waals surface area contributed by atoms with Gasteiger partial charge in [0.25, 0.3) is 0 Å². The van der Waals surface area contributed by atoms with Crippen molar-refractivity contribution >= 4 is 13.7 Å². The number of nitrogens with one attached hydrogen (secondary N) is 1. The first kappa shape index (κ1) is 45.5. The first-order chi connectivity index (χ1) is 22.0. The summed E-state index contributed by atoms with van der Waals surface area (Å²) in [5.74, 6) is -0.145. The van der Waals surface area contributed by atoms with E-state index in [1.165, 1.54) is 116 Å². The van der Waals surface area contributed by atoms with E-state index >= 15 is 0 Å². The molecule has 0 aliphatic carbocycles. The van der Waals surface area contributed by atoms with Crippen molar-refractivity contribution in [2.45, 2.75) is 193 Å². The van der Waals surface area contributed by atoms with E-state index in [4.69, 9.17) is 9.05 Å². The highest BCUT2D eigenvalue weighted by Gasteiger charge is 2.28. The maximum absolute atomic E-state index is 12.8. The number of carbonyl (C=O) groups is 1. The molecule has 9 heteroatoms. The highest BCUT2D eigenvalue weighted by Crippen LogP contribution is 2.43. The quantitative estimate of drug-likeness (QED) is 0.0350. The summed E-state index contributed by atoms with van der Waals surface area (Å²) in [6.45, 7) is 4.86. The van der Waals surface area contributed by atoms with Crippen LogP contribution in [0.5, 0.6) is 0 Å². The molecule has 0 aromatic heterocycles. The number of quaternary nitrogens is 1. The molecule has 1 amide bonds. The van der Waals surface area contributed by atoms with E-state index in [0.717, 1.165) is 38.5 Å². The van der Waals surface area contributed by atoms with Gasteiger partial charge in [0.15, 0.2) is 0 Å². The van der Waals surface area contributed by atoms with Gasteiger partial charge in [0.05, 0.1) is 39.9 Å². The average Bonchev–Trinajstić information content (AvgIpc) is 2.99. The van der Waals surface area contributed by atoms with Gasteiger partial charge in [0, 0.05) is 6.42 Å². The molecule has 0 fully saturated rings. The number of nitrogens with zero attached hydrogens (tertiary/aromatic N) is 1.